The fourth-order valence-corrected chi connectivity index (χ4v) is 4.89. The molecule has 0 aliphatic carbocycles. The van der Waals surface area contributed by atoms with E-state index in [9.17, 15) is 9.18 Å². The first-order valence-electron chi connectivity index (χ1n) is 9.18. The van der Waals surface area contributed by atoms with Crippen molar-refractivity contribution >= 4 is 50.7 Å². The van der Waals surface area contributed by atoms with Gasteiger partial charge < -0.3 is 9.47 Å². The molecule has 2 aromatic carbocycles. The molecule has 30 heavy (non-hydrogen) atoms. The van der Waals surface area contributed by atoms with Gasteiger partial charge in [-0.15, -0.1) is 21.5 Å². The molecule has 5 rings (SSSR count). The van der Waals surface area contributed by atoms with Crippen molar-refractivity contribution in [1.29, 1.82) is 0 Å². The lowest BCUT2D eigenvalue weighted by atomic mass is 10.1. The molecule has 6 nitrogen and oxygen atoms in total. The molecule has 1 aliphatic heterocycles. The molecule has 4 aromatic rings. The number of fused-ring (bicyclic) bond motifs is 2. The van der Waals surface area contributed by atoms with E-state index < -0.39 is 0 Å². The third-order valence-corrected chi connectivity index (χ3v) is 6.91. The van der Waals surface area contributed by atoms with Crippen molar-refractivity contribution in [2.24, 2.45) is 0 Å². The van der Waals surface area contributed by atoms with Crippen LogP contribution in [0.2, 0.25) is 10.0 Å². The molecule has 0 saturated heterocycles. The number of carbonyl (C=O) groups is 1. The molecule has 1 amide bonds. The highest BCUT2D eigenvalue weighted by atomic mass is 35.5. The third-order valence-electron chi connectivity index (χ3n) is 5.15. The first-order valence-corrected chi connectivity index (χ1v) is 10.7. The molecule has 1 unspecified atom stereocenters. The topological polar surface area (TPSA) is 63.9 Å². The summed E-state index contributed by atoms with van der Waals surface area (Å²) in [5.41, 5.74) is 1.19. The van der Waals surface area contributed by atoms with Crippen LogP contribution in [0.4, 0.5) is 4.39 Å². The Kier molecular flexibility index (Phi) is 4.72. The minimum absolute atomic E-state index is 0.146. The zero-order valence-electron chi connectivity index (χ0n) is 15.6. The Morgan fingerprint density at radius 3 is 2.77 bits per heavy atom. The number of hydrogen-bond acceptors (Lipinski definition) is 5. The summed E-state index contributed by atoms with van der Waals surface area (Å²) < 4.78 is 16.2. The molecule has 1 atom stereocenters. The Labute approximate surface area is 184 Å². The molecule has 0 saturated carbocycles. The molecule has 10 heteroatoms. The van der Waals surface area contributed by atoms with Crippen molar-refractivity contribution in [1.82, 2.24) is 24.6 Å². The largest absolute Gasteiger partial charge is 0.327 e. The van der Waals surface area contributed by atoms with Gasteiger partial charge in [-0.1, -0.05) is 23.2 Å². The highest BCUT2D eigenvalue weighted by molar-refractivity contribution is 7.21. The summed E-state index contributed by atoms with van der Waals surface area (Å²) >= 11 is 13.4. The number of carbonyl (C=O) groups excluding carboxylic acids is 1. The zero-order valence-corrected chi connectivity index (χ0v) is 18.0. The normalized spacial score (nSPS) is 16.1. The fraction of sp³-hybridized carbons (Fsp3) is 0.200. The molecule has 0 N–H and O–H groups in total. The van der Waals surface area contributed by atoms with Gasteiger partial charge >= 0.3 is 0 Å². The Hall–Kier alpha value is -2.55. The monoisotopic (exact) mass is 461 g/mol. The van der Waals surface area contributed by atoms with Gasteiger partial charge in [-0.2, -0.15) is 0 Å². The maximum Gasteiger partial charge on any atom is 0.254 e. The molecule has 2 aromatic heterocycles. The quantitative estimate of drug-likeness (QED) is 0.410. The zero-order chi connectivity index (χ0) is 21.0. The van der Waals surface area contributed by atoms with Crippen LogP contribution in [0.15, 0.2) is 36.4 Å². The number of thiazole rings is 1. The van der Waals surface area contributed by atoms with Gasteiger partial charge in [-0.05, 0) is 43.3 Å². The van der Waals surface area contributed by atoms with E-state index in [2.05, 4.69) is 15.2 Å². The molecular formula is C20H14Cl2FN5OS. The van der Waals surface area contributed by atoms with Crippen LogP contribution in [0.1, 0.15) is 29.1 Å². The summed E-state index contributed by atoms with van der Waals surface area (Å²) in [5, 5.41) is 10.1. The second-order valence-corrected chi connectivity index (χ2v) is 8.81. The van der Waals surface area contributed by atoms with Gasteiger partial charge in [0.25, 0.3) is 5.91 Å². The van der Waals surface area contributed by atoms with Crippen LogP contribution < -0.4 is 0 Å². The smallest absolute Gasteiger partial charge is 0.254 e. The minimum Gasteiger partial charge on any atom is -0.327 e. The first-order chi connectivity index (χ1) is 14.4. The van der Waals surface area contributed by atoms with Gasteiger partial charge in [0.1, 0.15) is 5.82 Å². The summed E-state index contributed by atoms with van der Waals surface area (Å²) in [6, 6.07) is 9.07. The maximum atomic E-state index is 13.5. The number of nitrogens with zero attached hydrogens (tertiary/aromatic N) is 5. The van der Waals surface area contributed by atoms with Crippen molar-refractivity contribution < 1.29 is 9.18 Å². The second-order valence-electron chi connectivity index (χ2n) is 6.97. The predicted octanol–water partition coefficient (Wildman–Crippen LogP) is 5.22. The highest BCUT2D eigenvalue weighted by Crippen LogP contribution is 2.34. The van der Waals surface area contributed by atoms with Crippen molar-refractivity contribution in [2.45, 2.75) is 19.5 Å². The van der Waals surface area contributed by atoms with E-state index in [0.29, 0.717) is 50.9 Å². The average Bonchev–Trinajstić information content (AvgIpc) is 3.33. The Balaban J connectivity index is 1.47. The van der Waals surface area contributed by atoms with E-state index >= 15 is 0 Å². The molecule has 0 bridgehead atoms. The molecule has 0 spiro atoms. The number of aromatic nitrogens is 4. The van der Waals surface area contributed by atoms with Crippen LogP contribution in [0.5, 0.6) is 0 Å². The standard InChI is InChI=1S/C20H14Cl2FN5OS/c1-10-17-25-26-18(19-24-15-5-3-12(23)9-16(15)30-19)28(17)7-6-27(10)20(29)11-2-4-13(21)14(22)8-11/h2-5,8-10H,6-7H2,1H3. The summed E-state index contributed by atoms with van der Waals surface area (Å²) in [6.07, 6.45) is 0. The summed E-state index contributed by atoms with van der Waals surface area (Å²) in [7, 11) is 0. The van der Waals surface area contributed by atoms with E-state index in [0.717, 1.165) is 4.70 Å². The highest BCUT2D eigenvalue weighted by Gasteiger charge is 2.32. The Bertz CT molecular complexity index is 1300. The number of rotatable bonds is 2. The van der Waals surface area contributed by atoms with Gasteiger partial charge in [-0.3, -0.25) is 4.79 Å². The summed E-state index contributed by atoms with van der Waals surface area (Å²) in [5.74, 6) is 0.855. The average molecular weight is 462 g/mol. The molecule has 0 fully saturated rings. The second kappa shape index (κ2) is 7.30. The van der Waals surface area contributed by atoms with Crippen LogP contribution in [0.25, 0.3) is 21.0 Å². The molecule has 152 valence electrons. The maximum absolute atomic E-state index is 13.5. The van der Waals surface area contributed by atoms with Crippen LogP contribution in [-0.2, 0) is 6.54 Å². The van der Waals surface area contributed by atoms with E-state index in [1.54, 1.807) is 29.2 Å². The van der Waals surface area contributed by atoms with Crippen molar-refractivity contribution in [3.63, 3.8) is 0 Å². The number of amides is 1. The fourth-order valence-electron chi connectivity index (χ4n) is 3.61. The SMILES string of the molecule is CC1c2nnc(-c3nc4ccc(F)cc4s3)n2CCN1C(=O)c1ccc(Cl)c(Cl)c1. The first kappa shape index (κ1) is 19.4. The van der Waals surface area contributed by atoms with E-state index in [4.69, 9.17) is 23.2 Å². The van der Waals surface area contributed by atoms with Crippen LogP contribution in [0.3, 0.4) is 0 Å². The summed E-state index contributed by atoms with van der Waals surface area (Å²) in [4.78, 5) is 19.3. The molecule has 3 heterocycles. The van der Waals surface area contributed by atoms with Crippen molar-refractivity contribution in [3.8, 4) is 10.8 Å². The van der Waals surface area contributed by atoms with E-state index in [1.165, 1.54) is 23.5 Å². The van der Waals surface area contributed by atoms with Gasteiger partial charge in [0.15, 0.2) is 16.7 Å². The minimum atomic E-state index is -0.300. The van der Waals surface area contributed by atoms with Crippen molar-refractivity contribution in [2.75, 3.05) is 6.54 Å². The number of hydrogen-bond donors (Lipinski definition) is 0. The Morgan fingerprint density at radius 2 is 1.97 bits per heavy atom. The van der Waals surface area contributed by atoms with Crippen LogP contribution in [0, 0.1) is 5.82 Å². The predicted molar refractivity (Wildman–Crippen MR) is 115 cm³/mol. The Morgan fingerprint density at radius 1 is 1.13 bits per heavy atom. The molecule has 1 aliphatic rings. The van der Waals surface area contributed by atoms with Crippen LogP contribution >= 0.6 is 34.5 Å². The van der Waals surface area contributed by atoms with Gasteiger partial charge in [-0.25, -0.2) is 9.37 Å². The van der Waals surface area contributed by atoms with Crippen molar-refractivity contribution in [3.05, 3.63) is 63.6 Å². The lowest BCUT2D eigenvalue weighted by molar-refractivity contribution is 0.0638. The van der Waals surface area contributed by atoms with Gasteiger partial charge in [0, 0.05) is 18.7 Å². The van der Waals surface area contributed by atoms with E-state index in [-0.39, 0.29) is 17.8 Å². The number of benzene rings is 2. The molecule has 0 radical (unpaired) electrons. The lowest BCUT2D eigenvalue weighted by Gasteiger charge is -2.33. The van der Waals surface area contributed by atoms with Gasteiger partial charge in [0.05, 0.1) is 26.3 Å². The molecular weight excluding hydrogens is 448 g/mol. The van der Waals surface area contributed by atoms with Crippen LogP contribution in [-0.4, -0.2) is 37.1 Å². The van der Waals surface area contributed by atoms with Gasteiger partial charge in [0.2, 0.25) is 0 Å². The van der Waals surface area contributed by atoms with E-state index in [1.807, 2.05) is 11.5 Å². The number of halogens is 3. The lowest BCUT2D eigenvalue weighted by Crippen LogP contribution is -2.41. The third kappa shape index (κ3) is 3.15. The summed E-state index contributed by atoms with van der Waals surface area (Å²) in [6.45, 7) is 2.92.